The zero-order valence-electron chi connectivity index (χ0n) is 21.4. The van der Waals surface area contributed by atoms with Crippen molar-refractivity contribution in [1.29, 1.82) is 0 Å². The van der Waals surface area contributed by atoms with E-state index in [1.165, 1.54) is 16.7 Å². The van der Waals surface area contributed by atoms with Gasteiger partial charge in [0.1, 0.15) is 5.60 Å². The highest BCUT2D eigenvalue weighted by molar-refractivity contribution is 5.93. The van der Waals surface area contributed by atoms with E-state index in [-0.39, 0.29) is 17.1 Å². The van der Waals surface area contributed by atoms with Crippen molar-refractivity contribution in [3.05, 3.63) is 52.6 Å². The van der Waals surface area contributed by atoms with Gasteiger partial charge in [-0.05, 0) is 92.2 Å². The summed E-state index contributed by atoms with van der Waals surface area (Å²) >= 11 is 0. The number of hydrogen-bond donors (Lipinski definition) is 2. The lowest BCUT2D eigenvalue weighted by Gasteiger charge is -2.53. The van der Waals surface area contributed by atoms with Gasteiger partial charge in [-0.15, -0.1) is 5.92 Å². The summed E-state index contributed by atoms with van der Waals surface area (Å²) in [5.41, 5.74) is 4.42. The second-order valence-electron chi connectivity index (χ2n) is 10.0. The topological polar surface area (TPSA) is 49.3 Å². The molecule has 3 heteroatoms. The molecule has 162 valence electrons. The summed E-state index contributed by atoms with van der Waals surface area (Å²) in [6, 6.07) is 7.73. The van der Waals surface area contributed by atoms with Crippen LogP contribution in [-0.4, -0.2) is 23.5 Å². The number of carbonyl (C=O) groups is 1. The van der Waals surface area contributed by atoms with E-state index in [1.807, 2.05) is 30.3 Å². The first-order valence-electron chi connectivity index (χ1n) is 13.1. The third-order valence-corrected chi connectivity index (χ3v) is 8.68. The van der Waals surface area contributed by atoms with Gasteiger partial charge in [-0.1, -0.05) is 30.6 Å². The molecule has 0 bridgehead atoms. The number of anilines is 1. The fraction of sp³-hybridized carbons (Fsp3) is 0.536. The van der Waals surface area contributed by atoms with Crippen molar-refractivity contribution in [2.75, 3.05) is 12.3 Å². The lowest BCUT2D eigenvalue weighted by Crippen LogP contribution is -2.51. The van der Waals surface area contributed by atoms with Gasteiger partial charge in [-0.2, -0.15) is 0 Å². The molecule has 0 amide bonds. The Bertz CT molecular complexity index is 1140. The maximum absolute atomic E-state index is 12.2. The number of fused-ring (bicyclic) bond motifs is 4. The molecular weight excluding hydrogens is 382 g/mol. The minimum atomic E-state index is -2.24. The molecule has 2 saturated carbocycles. The summed E-state index contributed by atoms with van der Waals surface area (Å²) in [7, 11) is 0. The van der Waals surface area contributed by atoms with E-state index in [0.29, 0.717) is 30.4 Å². The Morgan fingerprint density at radius 3 is 2.74 bits per heavy atom. The Kier molecular flexibility index (Phi) is 4.11. The molecule has 4 aliphatic carbocycles. The van der Waals surface area contributed by atoms with E-state index < -0.39 is 12.6 Å². The highest BCUT2D eigenvalue weighted by atomic mass is 16.3. The molecule has 2 fully saturated rings. The molecule has 5 rings (SSSR count). The molecule has 0 unspecified atom stereocenters. The minimum absolute atomic E-state index is 0.114. The van der Waals surface area contributed by atoms with Crippen LogP contribution < -0.4 is 5.32 Å². The van der Waals surface area contributed by atoms with E-state index in [4.69, 9.17) is 4.11 Å². The molecule has 1 aromatic carbocycles. The molecule has 0 heterocycles. The number of allylic oxidation sites excluding steroid dienone is 4. The lowest BCUT2D eigenvalue weighted by molar-refractivity contribution is -0.114. The van der Waals surface area contributed by atoms with Crippen molar-refractivity contribution in [2.24, 2.45) is 17.3 Å². The number of rotatable bonds is 2. The van der Waals surface area contributed by atoms with Gasteiger partial charge in [0.15, 0.2) is 5.78 Å². The molecule has 4 aliphatic rings. The fourth-order valence-electron chi connectivity index (χ4n) is 7.18. The molecule has 2 N–H and O–H groups in total. The van der Waals surface area contributed by atoms with Crippen LogP contribution in [0.25, 0.3) is 0 Å². The number of aliphatic hydroxyl groups is 1. The number of benzene rings is 1. The van der Waals surface area contributed by atoms with Crippen LogP contribution >= 0.6 is 0 Å². The first-order valence-corrected chi connectivity index (χ1v) is 11.6. The van der Waals surface area contributed by atoms with Gasteiger partial charge in [0, 0.05) is 34.5 Å². The van der Waals surface area contributed by atoms with Crippen molar-refractivity contribution in [3.8, 4) is 11.8 Å². The van der Waals surface area contributed by atoms with E-state index in [0.717, 1.165) is 37.7 Å². The van der Waals surface area contributed by atoms with Crippen LogP contribution in [0, 0.1) is 29.1 Å². The molecule has 3 nitrogen and oxygen atoms in total. The third-order valence-electron chi connectivity index (χ3n) is 8.68. The van der Waals surface area contributed by atoms with Gasteiger partial charge < -0.3 is 10.4 Å². The van der Waals surface area contributed by atoms with E-state index >= 15 is 0 Å². The quantitative estimate of drug-likeness (QED) is 0.634. The lowest BCUT2D eigenvalue weighted by atomic mass is 9.51. The van der Waals surface area contributed by atoms with Crippen LogP contribution in [0.2, 0.25) is 0 Å². The van der Waals surface area contributed by atoms with Crippen molar-refractivity contribution in [3.63, 3.8) is 0 Å². The van der Waals surface area contributed by atoms with Gasteiger partial charge in [0.2, 0.25) is 0 Å². The number of carbonyl (C=O) groups excluding carboxylic acids is 1. The molecule has 0 spiro atoms. The Morgan fingerprint density at radius 1 is 1.19 bits per heavy atom. The van der Waals surface area contributed by atoms with Crippen LogP contribution in [0.15, 0.2) is 47.1 Å². The predicted molar refractivity (Wildman–Crippen MR) is 125 cm³/mol. The van der Waals surface area contributed by atoms with Gasteiger partial charge in [0.25, 0.3) is 0 Å². The van der Waals surface area contributed by atoms with Crippen LogP contribution in [0.5, 0.6) is 0 Å². The molecule has 0 aromatic heterocycles. The van der Waals surface area contributed by atoms with Crippen LogP contribution in [0.1, 0.15) is 74.4 Å². The normalized spacial score (nSPS) is 38.4. The molecule has 0 saturated heterocycles. The minimum Gasteiger partial charge on any atom is -0.388 e. The average molecular weight is 419 g/mol. The van der Waals surface area contributed by atoms with Gasteiger partial charge in [0.05, 0.1) is 0 Å². The predicted octanol–water partition coefficient (Wildman–Crippen LogP) is 5.38. The van der Waals surface area contributed by atoms with E-state index in [2.05, 4.69) is 24.1 Å². The van der Waals surface area contributed by atoms with Crippen molar-refractivity contribution < 1.29 is 14.0 Å². The maximum atomic E-state index is 12.2. The second kappa shape index (κ2) is 7.38. The molecular formula is C28H33NO2. The zero-order valence-corrected chi connectivity index (χ0v) is 18.4. The Balaban J connectivity index is 1.62. The Hall–Kier alpha value is -2.31. The molecule has 31 heavy (non-hydrogen) atoms. The van der Waals surface area contributed by atoms with Gasteiger partial charge in [-0.3, -0.25) is 4.79 Å². The number of hydrogen-bond acceptors (Lipinski definition) is 3. The SMILES string of the molecule is [2H]C([2H])([2H])Nc1ccc([C@H]2C[C@@]3(C)[C@@H](CC[C@@]3(O)C#CC)[C@@H]3CCC4=CC(=O)CCC4=C32)cc1. The zero-order chi connectivity index (χ0) is 24.3. The smallest absolute Gasteiger partial charge is 0.156 e. The second-order valence-corrected chi connectivity index (χ2v) is 10.0. The highest BCUT2D eigenvalue weighted by Gasteiger charge is 2.62. The Morgan fingerprint density at radius 2 is 2.00 bits per heavy atom. The van der Waals surface area contributed by atoms with Crippen molar-refractivity contribution in [1.82, 2.24) is 0 Å². The fourth-order valence-corrected chi connectivity index (χ4v) is 7.18. The standard InChI is InChI=1S/C28H33NO2/c1-4-14-28(31)15-13-25-23-11-7-19-16-21(30)10-12-22(19)26(23)24(17-27(25,28)2)18-5-8-20(29-3)9-6-18/h5-6,8-9,16,23-25,29,31H,7,10-13,15,17H2,1-3H3/t23-,24+,25-,27-,28-/m0/s1/i3D3. The first kappa shape index (κ1) is 17.3. The number of ketones is 1. The van der Waals surface area contributed by atoms with E-state index in [1.54, 1.807) is 6.92 Å². The largest absolute Gasteiger partial charge is 0.388 e. The highest BCUT2D eigenvalue weighted by Crippen LogP contribution is 2.66. The van der Waals surface area contributed by atoms with Crippen LogP contribution in [-0.2, 0) is 4.79 Å². The molecule has 5 atom stereocenters. The van der Waals surface area contributed by atoms with Crippen LogP contribution in [0.4, 0.5) is 5.69 Å². The van der Waals surface area contributed by atoms with Gasteiger partial charge in [-0.25, -0.2) is 0 Å². The van der Waals surface area contributed by atoms with Crippen molar-refractivity contribution in [2.45, 2.75) is 70.3 Å². The summed E-state index contributed by atoms with van der Waals surface area (Å²) in [5.74, 6) is 7.26. The first-order chi connectivity index (χ1) is 16.0. The maximum Gasteiger partial charge on any atom is 0.156 e. The van der Waals surface area contributed by atoms with Gasteiger partial charge >= 0.3 is 0 Å². The summed E-state index contributed by atoms with van der Waals surface area (Å²) in [5, 5.41) is 14.3. The monoisotopic (exact) mass is 418 g/mol. The third kappa shape index (κ3) is 3.03. The summed E-state index contributed by atoms with van der Waals surface area (Å²) < 4.78 is 22.5. The summed E-state index contributed by atoms with van der Waals surface area (Å²) in [4.78, 5) is 12.2. The molecule has 0 radical (unpaired) electrons. The van der Waals surface area contributed by atoms with E-state index in [9.17, 15) is 9.90 Å². The molecule has 0 aliphatic heterocycles. The summed E-state index contributed by atoms with van der Waals surface area (Å²) in [6.45, 7) is 1.79. The summed E-state index contributed by atoms with van der Waals surface area (Å²) in [6.07, 6.45) is 7.62. The number of nitrogens with one attached hydrogen (secondary N) is 1. The molecule has 1 aromatic rings. The Labute approximate surface area is 190 Å². The average Bonchev–Trinajstić information content (AvgIpc) is 3.03. The van der Waals surface area contributed by atoms with Crippen LogP contribution in [0.3, 0.4) is 0 Å². The van der Waals surface area contributed by atoms with Crippen molar-refractivity contribution >= 4 is 11.5 Å².